The molecule has 0 bridgehead atoms. The molecule has 0 aliphatic carbocycles. The predicted octanol–water partition coefficient (Wildman–Crippen LogP) is 13.9. The number of hydrogen-bond donors (Lipinski definition) is 0. The van der Waals surface area contributed by atoms with Crippen LogP contribution in [0.3, 0.4) is 0 Å². The van der Waals surface area contributed by atoms with Crippen molar-refractivity contribution in [2.24, 2.45) is 0 Å². The monoisotopic (exact) mass is 663 g/mol. The van der Waals surface area contributed by atoms with Crippen LogP contribution in [0.5, 0.6) is 0 Å². The third kappa shape index (κ3) is 4.43. The molecule has 52 heavy (non-hydrogen) atoms. The fourth-order valence-electron chi connectivity index (χ4n) is 8.06. The Kier molecular flexibility index (Phi) is 6.25. The van der Waals surface area contributed by atoms with Gasteiger partial charge in [-0.3, -0.25) is 0 Å². The Labute approximate surface area is 299 Å². The van der Waals surface area contributed by atoms with E-state index in [0.29, 0.717) is 0 Å². The van der Waals surface area contributed by atoms with Gasteiger partial charge in [-0.15, -0.1) is 0 Å². The standard InChI is InChI=1S/C49H29NO2/c1-2-12-30(13-3-1)46-47-38-19-4-7-21-41(38)50-49(40(47)29-45-48(46)39-20-6-9-23-43(39)52-45)35-17-11-16-33(27-35)31-14-10-15-32(26-31)34-24-25-37-36-18-5-8-22-42(36)51-44(37)28-34/h1-29H. The molecule has 3 heteroatoms. The van der Waals surface area contributed by atoms with E-state index in [1.165, 1.54) is 10.9 Å². The first kappa shape index (κ1) is 28.8. The molecule has 0 unspecified atom stereocenters. The zero-order valence-electron chi connectivity index (χ0n) is 28.0. The molecule has 8 aromatic carbocycles. The third-order valence-electron chi connectivity index (χ3n) is 10.4. The zero-order chi connectivity index (χ0) is 34.2. The number of hydrogen-bond acceptors (Lipinski definition) is 3. The Morgan fingerprint density at radius 3 is 1.65 bits per heavy atom. The summed E-state index contributed by atoms with van der Waals surface area (Å²) in [6.07, 6.45) is 0. The van der Waals surface area contributed by atoms with Crippen molar-refractivity contribution in [1.29, 1.82) is 0 Å². The average Bonchev–Trinajstić information content (AvgIpc) is 3.78. The quantitative estimate of drug-likeness (QED) is 0.176. The van der Waals surface area contributed by atoms with Gasteiger partial charge in [-0.05, 0) is 76.3 Å². The molecule has 0 N–H and O–H groups in total. The largest absolute Gasteiger partial charge is 0.456 e. The minimum atomic E-state index is 0.858. The van der Waals surface area contributed by atoms with Gasteiger partial charge < -0.3 is 8.83 Å². The van der Waals surface area contributed by atoms with E-state index in [0.717, 1.165) is 99.2 Å². The fourth-order valence-corrected chi connectivity index (χ4v) is 8.06. The molecule has 3 nitrogen and oxygen atoms in total. The van der Waals surface area contributed by atoms with E-state index in [-0.39, 0.29) is 0 Å². The average molecular weight is 664 g/mol. The second-order valence-electron chi connectivity index (χ2n) is 13.5. The molecule has 0 amide bonds. The number of nitrogens with zero attached hydrogens (tertiary/aromatic N) is 1. The van der Waals surface area contributed by atoms with Crippen LogP contribution in [-0.2, 0) is 0 Å². The lowest BCUT2D eigenvalue weighted by Crippen LogP contribution is -1.93. The van der Waals surface area contributed by atoms with Gasteiger partial charge in [-0.1, -0.05) is 127 Å². The normalized spacial score (nSPS) is 11.8. The van der Waals surface area contributed by atoms with Crippen molar-refractivity contribution in [3.8, 4) is 44.6 Å². The van der Waals surface area contributed by atoms with Crippen LogP contribution >= 0.6 is 0 Å². The molecule has 11 aromatic rings. The molecule has 0 saturated heterocycles. The number of fused-ring (bicyclic) bond motifs is 9. The number of para-hydroxylation sites is 3. The summed E-state index contributed by atoms with van der Waals surface area (Å²) in [6, 6.07) is 61.9. The summed E-state index contributed by atoms with van der Waals surface area (Å²) < 4.78 is 12.8. The summed E-state index contributed by atoms with van der Waals surface area (Å²) in [6.45, 7) is 0. The third-order valence-corrected chi connectivity index (χ3v) is 10.4. The SMILES string of the molecule is c1ccc(-c2c3c(cc4c(-c5cccc(-c6cccc(-c7ccc8c(c7)oc7ccccc78)c6)c5)nc5ccccc5c24)oc2ccccc23)cc1. The Hall–Kier alpha value is -6.97. The Morgan fingerprint density at radius 1 is 0.308 bits per heavy atom. The number of furan rings is 2. The summed E-state index contributed by atoms with van der Waals surface area (Å²) in [4.78, 5) is 5.36. The van der Waals surface area contributed by atoms with E-state index in [1.54, 1.807) is 0 Å². The zero-order valence-corrected chi connectivity index (χ0v) is 28.0. The summed E-state index contributed by atoms with van der Waals surface area (Å²) in [5.74, 6) is 0. The predicted molar refractivity (Wildman–Crippen MR) is 216 cm³/mol. The lowest BCUT2D eigenvalue weighted by Gasteiger charge is -2.16. The summed E-state index contributed by atoms with van der Waals surface area (Å²) in [5.41, 5.74) is 13.3. The van der Waals surface area contributed by atoms with Gasteiger partial charge in [-0.25, -0.2) is 4.98 Å². The minimum Gasteiger partial charge on any atom is -0.456 e. The van der Waals surface area contributed by atoms with Crippen LogP contribution in [-0.4, -0.2) is 4.98 Å². The van der Waals surface area contributed by atoms with Crippen molar-refractivity contribution in [3.05, 3.63) is 176 Å². The van der Waals surface area contributed by atoms with E-state index < -0.39 is 0 Å². The molecule has 11 rings (SSSR count). The molecule has 0 radical (unpaired) electrons. The van der Waals surface area contributed by atoms with E-state index in [2.05, 4.69) is 158 Å². The second-order valence-corrected chi connectivity index (χ2v) is 13.5. The minimum absolute atomic E-state index is 0.858. The maximum atomic E-state index is 6.58. The van der Waals surface area contributed by atoms with Crippen molar-refractivity contribution in [2.45, 2.75) is 0 Å². The maximum Gasteiger partial charge on any atom is 0.136 e. The first-order valence-electron chi connectivity index (χ1n) is 17.6. The first-order chi connectivity index (χ1) is 25.8. The van der Waals surface area contributed by atoms with Gasteiger partial charge >= 0.3 is 0 Å². The molecule has 0 fully saturated rings. The highest BCUT2D eigenvalue weighted by Crippen LogP contribution is 2.46. The second kappa shape index (κ2) is 11.3. The van der Waals surface area contributed by atoms with Gasteiger partial charge in [0.15, 0.2) is 0 Å². The van der Waals surface area contributed by atoms with Crippen LogP contribution in [0.25, 0.3) is 110 Å². The van der Waals surface area contributed by atoms with Crippen LogP contribution < -0.4 is 0 Å². The van der Waals surface area contributed by atoms with Gasteiger partial charge in [0, 0.05) is 48.8 Å². The number of benzene rings is 8. The van der Waals surface area contributed by atoms with Crippen LogP contribution in [0.4, 0.5) is 0 Å². The molecule has 0 aliphatic heterocycles. The maximum absolute atomic E-state index is 6.58. The van der Waals surface area contributed by atoms with Crippen LogP contribution in [0, 0.1) is 0 Å². The number of aromatic nitrogens is 1. The highest BCUT2D eigenvalue weighted by Gasteiger charge is 2.21. The molecule has 242 valence electrons. The van der Waals surface area contributed by atoms with Crippen molar-refractivity contribution < 1.29 is 8.83 Å². The number of rotatable bonds is 4. The Bertz CT molecular complexity index is 3190. The van der Waals surface area contributed by atoms with Gasteiger partial charge in [0.25, 0.3) is 0 Å². The summed E-state index contributed by atoms with van der Waals surface area (Å²) in [7, 11) is 0. The van der Waals surface area contributed by atoms with Gasteiger partial charge in [0.1, 0.15) is 22.3 Å². The number of pyridine rings is 1. The Balaban J connectivity index is 1.12. The van der Waals surface area contributed by atoms with E-state index >= 15 is 0 Å². The van der Waals surface area contributed by atoms with E-state index in [1.807, 2.05) is 18.2 Å². The highest BCUT2D eigenvalue weighted by molar-refractivity contribution is 6.27. The van der Waals surface area contributed by atoms with Crippen LogP contribution in [0.1, 0.15) is 0 Å². The van der Waals surface area contributed by atoms with Gasteiger partial charge in [-0.2, -0.15) is 0 Å². The molecule has 0 saturated carbocycles. The summed E-state index contributed by atoms with van der Waals surface area (Å²) >= 11 is 0. The molecular formula is C49H29NO2. The van der Waals surface area contributed by atoms with E-state index in [9.17, 15) is 0 Å². The fraction of sp³-hybridized carbons (Fsp3) is 0. The Morgan fingerprint density at radius 2 is 0.865 bits per heavy atom. The van der Waals surface area contributed by atoms with Gasteiger partial charge in [0.05, 0.1) is 11.2 Å². The molecular weight excluding hydrogens is 635 g/mol. The summed E-state index contributed by atoms with van der Waals surface area (Å²) in [5, 5.41) is 7.88. The molecule has 3 aromatic heterocycles. The van der Waals surface area contributed by atoms with Crippen molar-refractivity contribution in [2.75, 3.05) is 0 Å². The van der Waals surface area contributed by atoms with Crippen molar-refractivity contribution >= 4 is 65.6 Å². The highest BCUT2D eigenvalue weighted by atomic mass is 16.3. The van der Waals surface area contributed by atoms with Crippen molar-refractivity contribution in [1.82, 2.24) is 4.98 Å². The van der Waals surface area contributed by atoms with Crippen LogP contribution in [0.2, 0.25) is 0 Å². The lowest BCUT2D eigenvalue weighted by atomic mass is 9.89. The molecule has 0 spiro atoms. The lowest BCUT2D eigenvalue weighted by molar-refractivity contribution is 0.669. The topological polar surface area (TPSA) is 39.2 Å². The first-order valence-corrected chi connectivity index (χ1v) is 17.6. The van der Waals surface area contributed by atoms with E-state index in [4.69, 9.17) is 13.8 Å². The molecule has 0 atom stereocenters. The van der Waals surface area contributed by atoms with Crippen molar-refractivity contribution in [3.63, 3.8) is 0 Å². The van der Waals surface area contributed by atoms with Crippen LogP contribution in [0.15, 0.2) is 185 Å². The molecule has 3 heterocycles. The van der Waals surface area contributed by atoms with Gasteiger partial charge in [0.2, 0.25) is 0 Å². The molecule has 0 aliphatic rings. The smallest absolute Gasteiger partial charge is 0.136 e.